The number of halogens is 4. The second kappa shape index (κ2) is 13.5. The number of hydrogen-bond acceptors (Lipinski definition) is 0. The van der Waals surface area contributed by atoms with Crippen LogP contribution in [0.5, 0.6) is 0 Å². The fourth-order valence-corrected chi connectivity index (χ4v) is 4.94. The Morgan fingerprint density at radius 1 is 0.833 bits per heavy atom. The summed E-state index contributed by atoms with van der Waals surface area (Å²) < 4.78 is 0. The summed E-state index contributed by atoms with van der Waals surface area (Å²) in [5.41, 5.74) is 9.24. The largest absolute Gasteiger partial charge is 4.00 e. The van der Waals surface area contributed by atoms with Crippen LogP contribution >= 0.6 is 0 Å². The topological polar surface area (TPSA) is 0 Å². The van der Waals surface area contributed by atoms with Gasteiger partial charge in [0, 0.05) is 5.92 Å². The molecule has 2 aliphatic carbocycles. The van der Waals surface area contributed by atoms with Gasteiger partial charge in [0.2, 0.25) is 0 Å². The van der Waals surface area contributed by atoms with Crippen molar-refractivity contribution in [2.24, 2.45) is 5.41 Å². The first-order valence-corrected chi connectivity index (χ1v) is 9.72. The van der Waals surface area contributed by atoms with Crippen molar-refractivity contribution in [3.05, 3.63) is 83.0 Å². The summed E-state index contributed by atoms with van der Waals surface area (Å²) in [6.45, 7) is 7.21. The summed E-state index contributed by atoms with van der Waals surface area (Å²) >= 11 is 0. The predicted molar refractivity (Wildman–Crippen MR) is 108 cm³/mol. The quantitative estimate of drug-likeness (QED) is 0.345. The molecule has 2 aromatic rings. The molecule has 0 nitrogen and oxygen atoms in total. The van der Waals surface area contributed by atoms with E-state index in [1.807, 2.05) is 0 Å². The van der Waals surface area contributed by atoms with Crippen LogP contribution in [0.3, 0.4) is 0 Å². The molecule has 0 heterocycles. The van der Waals surface area contributed by atoms with Crippen LogP contribution < -0.4 is 49.6 Å². The normalized spacial score (nSPS) is 13.7. The molecule has 0 aromatic heterocycles. The van der Waals surface area contributed by atoms with Gasteiger partial charge < -0.3 is 49.6 Å². The first-order valence-electron chi connectivity index (χ1n) is 9.72. The van der Waals surface area contributed by atoms with Crippen LogP contribution in [0.25, 0.3) is 11.1 Å². The van der Waals surface area contributed by atoms with E-state index < -0.39 is 0 Å². The third kappa shape index (κ3) is 5.65. The molecule has 0 saturated heterocycles. The maximum absolute atomic E-state index is 2.46. The van der Waals surface area contributed by atoms with Gasteiger partial charge in [-0.3, -0.25) is 0 Å². The number of rotatable bonds is 5. The molecule has 160 valence electrons. The second-order valence-corrected chi connectivity index (χ2v) is 8.04. The number of benzene rings is 2. The molecule has 0 radical (unpaired) electrons. The van der Waals surface area contributed by atoms with Crippen LogP contribution in [0.4, 0.5) is 0 Å². The Balaban J connectivity index is 0. The van der Waals surface area contributed by atoms with Crippen molar-refractivity contribution < 1.29 is 75.8 Å². The number of unbranched alkanes of at least 4 members (excludes halogenated alkanes) is 1. The van der Waals surface area contributed by atoms with Gasteiger partial charge in [-0.15, -0.1) is 0 Å². The zero-order chi connectivity index (χ0) is 17.4. The minimum Gasteiger partial charge on any atom is -1.00 e. The molecule has 0 bridgehead atoms. The minimum absolute atomic E-state index is 0. The van der Waals surface area contributed by atoms with Gasteiger partial charge in [0.15, 0.2) is 0 Å². The molecule has 30 heavy (non-hydrogen) atoms. The van der Waals surface area contributed by atoms with Crippen LogP contribution in [0.1, 0.15) is 63.5 Å². The van der Waals surface area contributed by atoms with Crippen LogP contribution in [0, 0.1) is 5.41 Å². The Labute approximate surface area is 226 Å². The van der Waals surface area contributed by atoms with Crippen molar-refractivity contribution in [2.75, 3.05) is 0 Å². The molecule has 0 spiro atoms. The standard InChI is InChI=1S/C25H28.4ClH.Zr/c1-4-5-11-18-12-10-17-23(18)25(2,3)24-21-15-8-6-13-19(21)20-14-7-9-16-22(20)24;;;;;/h6-10,12-16,24H,4-5,11,17H2,1-3H3;4*1H;/q;;;;;+4/p-4. The van der Waals surface area contributed by atoms with E-state index in [9.17, 15) is 0 Å². The molecule has 0 amide bonds. The molecule has 2 aliphatic rings. The average molecular weight is 562 g/mol. The maximum Gasteiger partial charge on any atom is 4.00 e. The van der Waals surface area contributed by atoms with E-state index in [-0.39, 0.29) is 81.2 Å². The Hall–Kier alpha value is -0.0369. The fraction of sp³-hybridized carbons (Fsp3) is 0.360. The summed E-state index contributed by atoms with van der Waals surface area (Å²) in [6, 6.07) is 18.0. The van der Waals surface area contributed by atoms with Crippen LogP contribution in [-0.4, -0.2) is 0 Å². The van der Waals surface area contributed by atoms with E-state index >= 15 is 0 Å². The fourth-order valence-electron chi connectivity index (χ4n) is 4.94. The maximum atomic E-state index is 2.46. The zero-order valence-corrected chi connectivity index (χ0v) is 23.2. The molecule has 5 heteroatoms. The van der Waals surface area contributed by atoms with E-state index in [2.05, 4.69) is 81.5 Å². The Morgan fingerprint density at radius 3 is 1.83 bits per heavy atom. The van der Waals surface area contributed by atoms with Gasteiger partial charge in [0.1, 0.15) is 0 Å². The van der Waals surface area contributed by atoms with Gasteiger partial charge in [0.05, 0.1) is 0 Å². The first kappa shape index (κ1) is 32.1. The van der Waals surface area contributed by atoms with Gasteiger partial charge in [-0.2, -0.15) is 0 Å². The van der Waals surface area contributed by atoms with E-state index in [0.29, 0.717) is 5.92 Å². The van der Waals surface area contributed by atoms with E-state index in [1.165, 1.54) is 41.5 Å². The van der Waals surface area contributed by atoms with E-state index in [0.717, 1.165) is 6.42 Å². The molecule has 4 rings (SSSR count). The molecule has 0 fully saturated rings. The van der Waals surface area contributed by atoms with Gasteiger partial charge in [-0.25, -0.2) is 0 Å². The molecule has 0 aliphatic heterocycles. The Kier molecular flexibility index (Phi) is 14.5. The minimum atomic E-state index is 0. The van der Waals surface area contributed by atoms with Crippen molar-refractivity contribution in [3.8, 4) is 11.1 Å². The Bertz CT molecular complexity index is 825. The van der Waals surface area contributed by atoms with Crippen LogP contribution in [0.2, 0.25) is 0 Å². The van der Waals surface area contributed by atoms with Gasteiger partial charge >= 0.3 is 26.2 Å². The first-order chi connectivity index (χ1) is 12.1. The van der Waals surface area contributed by atoms with E-state index in [1.54, 1.807) is 11.1 Å². The van der Waals surface area contributed by atoms with Gasteiger partial charge in [0.25, 0.3) is 0 Å². The monoisotopic (exact) mass is 558 g/mol. The van der Waals surface area contributed by atoms with Gasteiger partial charge in [-0.05, 0) is 52.5 Å². The summed E-state index contributed by atoms with van der Waals surface area (Å²) in [7, 11) is 0. The number of fused-ring (bicyclic) bond motifs is 3. The van der Waals surface area contributed by atoms with Crippen molar-refractivity contribution in [3.63, 3.8) is 0 Å². The third-order valence-corrected chi connectivity index (χ3v) is 6.16. The summed E-state index contributed by atoms with van der Waals surface area (Å²) in [5.74, 6) is 0.450. The molecular weight excluding hydrogens is 533 g/mol. The van der Waals surface area contributed by atoms with Crippen molar-refractivity contribution >= 4 is 0 Å². The van der Waals surface area contributed by atoms with Crippen LogP contribution in [-0.2, 0) is 26.2 Å². The second-order valence-electron chi connectivity index (χ2n) is 8.04. The molecule has 0 saturated carbocycles. The number of allylic oxidation sites excluding steroid dienone is 4. The molecule has 0 N–H and O–H groups in total. The number of hydrogen-bond donors (Lipinski definition) is 0. The smallest absolute Gasteiger partial charge is 1.00 e. The summed E-state index contributed by atoms with van der Waals surface area (Å²) in [6.07, 6.45) is 9.65. The molecule has 0 unspecified atom stereocenters. The van der Waals surface area contributed by atoms with Crippen molar-refractivity contribution in [2.45, 2.75) is 52.4 Å². The van der Waals surface area contributed by atoms with Crippen LogP contribution in [0.15, 0.2) is 71.8 Å². The molecule has 2 aromatic carbocycles. The summed E-state index contributed by atoms with van der Waals surface area (Å²) in [5, 5.41) is 0. The molecular formula is C25H28Cl4Zr. The summed E-state index contributed by atoms with van der Waals surface area (Å²) in [4.78, 5) is 0. The van der Waals surface area contributed by atoms with Gasteiger partial charge in [-0.1, -0.05) is 93.4 Å². The van der Waals surface area contributed by atoms with Crippen molar-refractivity contribution in [1.29, 1.82) is 0 Å². The zero-order valence-electron chi connectivity index (χ0n) is 17.7. The SMILES string of the molecule is CCCCC1=C(C(C)(C)C2c3ccccc3-c3ccccc32)CC=C1.[Cl-].[Cl-].[Cl-].[Cl-].[Zr+4]. The Morgan fingerprint density at radius 2 is 1.33 bits per heavy atom. The van der Waals surface area contributed by atoms with Crippen molar-refractivity contribution in [1.82, 2.24) is 0 Å². The predicted octanol–water partition coefficient (Wildman–Crippen LogP) is -4.71. The average Bonchev–Trinajstić information content (AvgIpc) is 3.23. The van der Waals surface area contributed by atoms with E-state index in [4.69, 9.17) is 0 Å². The third-order valence-electron chi connectivity index (χ3n) is 6.16. The molecule has 0 atom stereocenters.